The molecule has 0 aliphatic rings. The van der Waals surface area contributed by atoms with Gasteiger partial charge in [0.25, 0.3) is 0 Å². The van der Waals surface area contributed by atoms with Gasteiger partial charge in [-0.25, -0.2) is 0 Å². The van der Waals surface area contributed by atoms with Gasteiger partial charge in [0, 0.05) is 23.8 Å². The lowest BCUT2D eigenvalue weighted by Crippen LogP contribution is -2.32. The van der Waals surface area contributed by atoms with E-state index in [-0.39, 0.29) is 11.6 Å². The molecule has 0 heterocycles. The van der Waals surface area contributed by atoms with Crippen molar-refractivity contribution in [2.24, 2.45) is 10.9 Å². The van der Waals surface area contributed by atoms with E-state index in [0.717, 1.165) is 12.5 Å². The van der Waals surface area contributed by atoms with E-state index in [9.17, 15) is 13.2 Å². The maximum absolute atomic E-state index is 13.0. The highest BCUT2D eigenvalue weighted by atomic mass is 19.4. The van der Waals surface area contributed by atoms with Crippen LogP contribution in [0.25, 0.3) is 0 Å². The van der Waals surface area contributed by atoms with E-state index in [1.807, 2.05) is 25.7 Å². The summed E-state index contributed by atoms with van der Waals surface area (Å²) in [5.74, 6) is -0.552. The van der Waals surface area contributed by atoms with Crippen molar-refractivity contribution in [3.05, 3.63) is 29.3 Å². The van der Waals surface area contributed by atoms with Crippen molar-refractivity contribution in [3.63, 3.8) is 0 Å². The van der Waals surface area contributed by atoms with Crippen LogP contribution in [0.1, 0.15) is 38.3 Å². The van der Waals surface area contributed by atoms with Gasteiger partial charge >= 0.3 is 6.18 Å². The first-order valence-corrected chi connectivity index (χ1v) is 6.72. The van der Waals surface area contributed by atoms with Crippen molar-refractivity contribution < 1.29 is 18.4 Å². The molecule has 1 aromatic rings. The Labute approximate surface area is 122 Å². The van der Waals surface area contributed by atoms with Gasteiger partial charge in [0.05, 0.1) is 5.56 Å². The fourth-order valence-corrected chi connectivity index (χ4v) is 2.19. The van der Waals surface area contributed by atoms with Crippen molar-refractivity contribution in [2.75, 3.05) is 11.4 Å². The van der Waals surface area contributed by atoms with Crippen molar-refractivity contribution in [3.8, 4) is 0 Å². The fourth-order valence-electron chi connectivity index (χ4n) is 2.19. The first kappa shape index (κ1) is 17.1. The lowest BCUT2D eigenvalue weighted by molar-refractivity contribution is -0.137. The van der Waals surface area contributed by atoms with Crippen LogP contribution in [-0.4, -0.2) is 23.6 Å². The van der Waals surface area contributed by atoms with Crippen LogP contribution in [0, 0.1) is 0 Å². The Kier molecular flexibility index (Phi) is 5.46. The number of oxime groups is 1. The quantitative estimate of drug-likeness (QED) is 0.379. The van der Waals surface area contributed by atoms with Crippen LogP contribution in [-0.2, 0) is 6.18 Å². The Morgan fingerprint density at radius 1 is 1.38 bits per heavy atom. The molecule has 0 saturated heterocycles. The maximum Gasteiger partial charge on any atom is 0.417 e. The highest BCUT2D eigenvalue weighted by Gasteiger charge is 2.34. The van der Waals surface area contributed by atoms with Gasteiger partial charge in [-0.05, 0) is 38.5 Å². The molecule has 1 unspecified atom stereocenters. The van der Waals surface area contributed by atoms with Gasteiger partial charge in [-0.3, -0.25) is 0 Å². The number of rotatable bonds is 5. The van der Waals surface area contributed by atoms with Gasteiger partial charge in [0.15, 0.2) is 5.84 Å². The zero-order valence-corrected chi connectivity index (χ0v) is 12.3. The molecule has 0 radical (unpaired) electrons. The van der Waals surface area contributed by atoms with Gasteiger partial charge < -0.3 is 15.8 Å². The number of nitrogens with zero attached hydrogens (tertiary/aromatic N) is 2. The van der Waals surface area contributed by atoms with E-state index < -0.39 is 17.6 Å². The lowest BCUT2D eigenvalue weighted by Gasteiger charge is -2.30. The number of nitrogens with two attached hydrogens (primary N) is 1. The van der Waals surface area contributed by atoms with E-state index in [0.29, 0.717) is 12.2 Å². The summed E-state index contributed by atoms with van der Waals surface area (Å²) < 4.78 is 38.9. The van der Waals surface area contributed by atoms with Crippen LogP contribution >= 0.6 is 0 Å². The standard InChI is InChI=1S/C14H20F3N3O/c1-4-9(3)20(5-2)10-6-7-12(14(15,16)17)11(8-10)13(18)19-21/h6-9,21H,4-5H2,1-3H3,(H2,18,19). The molecule has 0 aliphatic carbocycles. The SMILES string of the molecule is CCC(C)N(CC)c1ccc(C(F)(F)F)c(/C(N)=N/O)c1. The van der Waals surface area contributed by atoms with E-state index >= 15 is 0 Å². The molecule has 0 fully saturated rings. The maximum atomic E-state index is 13.0. The topological polar surface area (TPSA) is 61.8 Å². The largest absolute Gasteiger partial charge is 0.417 e. The van der Waals surface area contributed by atoms with Crippen LogP contribution in [0.4, 0.5) is 18.9 Å². The van der Waals surface area contributed by atoms with Crippen LogP contribution in [0.2, 0.25) is 0 Å². The number of alkyl halides is 3. The zero-order valence-electron chi connectivity index (χ0n) is 12.3. The van der Waals surface area contributed by atoms with Crippen molar-refractivity contribution in [1.82, 2.24) is 0 Å². The summed E-state index contributed by atoms with van der Waals surface area (Å²) in [5, 5.41) is 11.4. The Hall–Kier alpha value is -1.92. The third-order valence-electron chi connectivity index (χ3n) is 3.49. The van der Waals surface area contributed by atoms with E-state index in [1.54, 1.807) is 0 Å². The second-order valence-electron chi connectivity index (χ2n) is 4.76. The highest BCUT2D eigenvalue weighted by Crippen LogP contribution is 2.34. The Balaban J connectivity index is 3.40. The average molecular weight is 303 g/mol. The van der Waals surface area contributed by atoms with Crippen LogP contribution in [0.3, 0.4) is 0 Å². The van der Waals surface area contributed by atoms with Gasteiger partial charge in [0.2, 0.25) is 0 Å². The second-order valence-corrected chi connectivity index (χ2v) is 4.76. The zero-order chi connectivity index (χ0) is 16.2. The van der Waals surface area contributed by atoms with Gasteiger partial charge in [-0.1, -0.05) is 12.1 Å². The van der Waals surface area contributed by atoms with Crippen molar-refractivity contribution in [2.45, 2.75) is 39.4 Å². The molecule has 0 spiro atoms. The third kappa shape index (κ3) is 3.80. The van der Waals surface area contributed by atoms with E-state index in [2.05, 4.69) is 5.16 Å². The molecule has 0 aromatic heterocycles. The summed E-state index contributed by atoms with van der Waals surface area (Å²) in [6.45, 7) is 6.56. The number of benzene rings is 1. The van der Waals surface area contributed by atoms with E-state index in [4.69, 9.17) is 10.9 Å². The normalized spacial score (nSPS) is 14.1. The summed E-state index contributed by atoms with van der Waals surface area (Å²) in [4.78, 5) is 1.97. The lowest BCUT2D eigenvalue weighted by atomic mass is 10.0. The smallest absolute Gasteiger partial charge is 0.409 e. The molecule has 21 heavy (non-hydrogen) atoms. The van der Waals surface area contributed by atoms with E-state index in [1.165, 1.54) is 12.1 Å². The molecule has 3 N–H and O–H groups in total. The molecular weight excluding hydrogens is 283 g/mol. The number of hydrogen-bond donors (Lipinski definition) is 2. The van der Waals surface area contributed by atoms with Crippen LogP contribution in [0.5, 0.6) is 0 Å². The number of amidine groups is 1. The monoisotopic (exact) mass is 303 g/mol. The second kappa shape index (κ2) is 6.69. The fraction of sp³-hybridized carbons (Fsp3) is 0.500. The molecule has 4 nitrogen and oxygen atoms in total. The Morgan fingerprint density at radius 2 is 2.00 bits per heavy atom. The predicted octanol–water partition coefficient (Wildman–Crippen LogP) is 3.42. The summed E-state index contributed by atoms with van der Waals surface area (Å²) in [6, 6.07) is 3.86. The summed E-state index contributed by atoms with van der Waals surface area (Å²) in [6.07, 6.45) is -3.70. The molecular formula is C14H20F3N3O. The van der Waals surface area contributed by atoms with Gasteiger partial charge in [-0.15, -0.1) is 0 Å². The van der Waals surface area contributed by atoms with Crippen molar-refractivity contribution >= 4 is 11.5 Å². The number of anilines is 1. The molecule has 0 amide bonds. The molecule has 1 rings (SSSR count). The van der Waals surface area contributed by atoms with Gasteiger partial charge in [0.1, 0.15) is 0 Å². The molecule has 1 aromatic carbocycles. The van der Waals surface area contributed by atoms with Gasteiger partial charge in [-0.2, -0.15) is 13.2 Å². The molecule has 118 valence electrons. The minimum Gasteiger partial charge on any atom is -0.409 e. The molecule has 1 atom stereocenters. The minimum absolute atomic E-state index is 0.173. The summed E-state index contributed by atoms with van der Waals surface area (Å²) >= 11 is 0. The Bertz CT molecular complexity index is 515. The molecule has 0 bridgehead atoms. The first-order valence-electron chi connectivity index (χ1n) is 6.72. The predicted molar refractivity (Wildman–Crippen MR) is 76.7 cm³/mol. The summed E-state index contributed by atoms with van der Waals surface area (Å²) in [7, 11) is 0. The molecule has 7 heteroatoms. The number of hydrogen-bond acceptors (Lipinski definition) is 3. The Morgan fingerprint density at radius 3 is 2.43 bits per heavy atom. The molecule has 0 aliphatic heterocycles. The van der Waals surface area contributed by atoms with Crippen LogP contribution in [0.15, 0.2) is 23.4 Å². The summed E-state index contributed by atoms with van der Waals surface area (Å²) in [5.41, 5.74) is 4.77. The highest BCUT2D eigenvalue weighted by molar-refractivity contribution is 5.99. The molecule has 0 saturated carbocycles. The third-order valence-corrected chi connectivity index (χ3v) is 3.49. The average Bonchev–Trinajstić information content (AvgIpc) is 2.45. The van der Waals surface area contributed by atoms with Crippen LogP contribution < -0.4 is 10.6 Å². The number of halogens is 3. The minimum atomic E-state index is -4.56. The van der Waals surface area contributed by atoms with Crippen molar-refractivity contribution in [1.29, 1.82) is 0 Å². The first-order chi connectivity index (χ1) is 9.76.